The highest BCUT2D eigenvalue weighted by Crippen LogP contribution is 2.25. The number of thioether (sulfide) groups is 1. The minimum Gasteiger partial charge on any atom is -0.468 e. The van der Waals surface area contributed by atoms with Crippen molar-refractivity contribution in [1.29, 1.82) is 0 Å². The summed E-state index contributed by atoms with van der Waals surface area (Å²) in [5.74, 6) is -0.356. The molecule has 0 atom stereocenters. The Bertz CT molecular complexity index is 399. The van der Waals surface area contributed by atoms with Gasteiger partial charge in [0.15, 0.2) is 0 Å². The Kier molecular flexibility index (Phi) is 6.75. The number of carbonyl (C=O) groups excluding carboxylic acids is 1. The molecule has 0 fully saturated rings. The van der Waals surface area contributed by atoms with Crippen molar-refractivity contribution in [2.75, 3.05) is 19.4 Å². The van der Waals surface area contributed by atoms with Gasteiger partial charge >= 0.3 is 5.97 Å². The molecule has 100 valence electrons. The molecule has 0 aliphatic heterocycles. The van der Waals surface area contributed by atoms with Crippen LogP contribution >= 0.6 is 11.8 Å². The van der Waals surface area contributed by atoms with Gasteiger partial charge in [-0.15, -0.1) is 11.8 Å². The Morgan fingerprint density at radius 1 is 1.50 bits per heavy atom. The number of esters is 1. The number of nitrogens with one attached hydrogen (secondary N) is 1. The van der Waals surface area contributed by atoms with E-state index in [0.717, 1.165) is 17.9 Å². The van der Waals surface area contributed by atoms with Crippen molar-refractivity contribution in [1.82, 2.24) is 5.32 Å². The first-order valence-corrected chi connectivity index (χ1v) is 6.85. The van der Waals surface area contributed by atoms with Crippen LogP contribution in [0.3, 0.4) is 0 Å². The summed E-state index contributed by atoms with van der Waals surface area (Å²) in [5.41, 5.74) is 0.611. The van der Waals surface area contributed by atoms with E-state index in [0.29, 0.717) is 12.1 Å². The third-order valence-corrected chi connectivity index (χ3v) is 3.45. The Labute approximate surface area is 111 Å². The van der Waals surface area contributed by atoms with Crippen molar-refractivity contribution in [3.63, 3.8) is 0 Å². The standard InChI is InChI=1S/C13H18FNO2S/c1-3-7-15-8-10-11(14)5-4-6-12(10)18-9-13(16)17-2/h4-6,15H,3,7-9H2,1-2H3. The number of benzene rings is 1. The molecule has 5 heteroatoms. The minimum absolute atomic E-state index is 0.195. The van der Waals surface area contributed by atoms with Gasteiger partial charge < -0.3 is 10.1 Å². The van der Waals surface area contributed by atoms with Gasteiger partial charge in [0.25, 0.3) is 0 Å². The van der Waals surface area contributed by atoms with Crippen molar-refractivity contribution in [2.45, 2.75) is 24.8 Å². The molecule has 0 saturated carbocycles. The van der Waals surface area contributed by atoms with Crippen molar-refractivity contribution in [3.05, 3.63) is 29.6 Å². The SMILES string of the molecule is CCCNCc1c(F)cccc1SCC(=O)OC. The van der Waals surface area contributed by atoms with Crippen LogP contribution in [-0.4, -0.2) is 25.4 Å². The number of methoxy groups -OCH3 is 1. The molecular formula is C13H18FNO2S. The summed E-state index contributed by atoms with van der Waals surface area (Å²) < 4.78 is 18.3. The highest BCUT2D eigenvalue weighted by molar-refractivity contribution is 8.00. The van der Waals surface area contributed by atoms with E-state index >= 15 is 0 Å². The van der Waals surface area contributed by atoms with Gasteiger partial charge in [0, 0.05) is 17.0 Å². The topological polar surface area (TPSA) is 38.3 Å². The summed E-state index contributed by atoms with van der Waals surface area (Å²) in [5, 5.41) is 3.16. The summed E-state index contributed by atoms with van der Waals surface area (Å²) >= 11 is 1.30. The van der Waals surface area contributed by atoms with Gasteiger partial charge in [0.1, 0.15) is 5.82 Å². The van der Waals surface area contributed by atoms with Gasteiger partial charge in [-0.2, -0.15) is 0 Å². The Balaban J connectivity index is 2.70. The predicted molar refractivity (Wildman–Crippen MR) is 71.1 cm³/mol. The average Bonchev–Trinajstić information content (AvgIpc) is 2.38. The van der Waals surface area contributed by atoms with Crippen LogP contribution in [0.5, 0.6) is 0 Å². The van der Waals surface area contributed by atoms with Crippen LogP contribution in [0.15, 0.2) is 23.1 Å². The van der Waals surface area contributed by atoms with Crippen molar-refractivity contribution in [3.8, 4) is 0 Å². The quantitative estimate of drug-likeness (QED) is 0.470. The molecule has 0 radical (unpaired) electrons. The van der Waals surface area contributed by atoms with Gasteiger partial charge in [-0.1, -0.05) is 13.0 Å². The van der Waals surface area contributed by atoms with Crippen molar-refractivity contribution >= 4 is 17.7 Å². The molecule has 0 amide bonds. The average molecular weight is 271 g/mol. The predicted octanol–water partition coefficient (Wildman–Crippen LogP) is 2.59. The van der Waals surface area contributed by atoms with Crippen LogP contribution in [-0.2, 0) is 16.1 Å². The summed E-state index contributed by atoms with van der Waals surface area (Å²) in [6, 6.07) is 4.91. The lowest BCUT2D eigenvalue weighted by atomic mass is 10.2. The fourth-order valence-corrected chi connectivity index (χ4v) is 2.34. The zero-order valence-corrected chi connectivity index (χ0v) is 11.5. The number of ether oxygens (including phenoxy) is 1. The molecule has 3 nitrogen and oxygen atoms in total. The molecule has 0 heterocycles. The molecule has 0 aliphatic carbocycles. The van der Waals surface area contributed by atoms with E-state index in [4.69, 9.17) is 0 Å². The normalized spacial score (nSPS) is 10.4. The van der Waals surface area contributed by atoms with E-state index in [2.05, 4.69) is 17.0 Å². The van der Waals surface area contributed by atoms with E-state index in [-0.39, 0.29) is 17.5 Å². The number of halogens is 1. The van der Waals surface area contributed by atoms with Crippen LogP contribution in [0.25, 0.3) is 0 Å². The molecule has 0 saturated heterocycles. The van der Waals surface area contributed by atoms with Crippen LogP contribution in [0.1, 0.15) is 18.9 Å². The maximum Gasteiger partial charge on any atom is 0.315 e. The third-order valence-electron chi connectivity index (χ3n) is 2.38. The Morgan fingerprint density at radius 2 is 2.28 bits per heavy atom. The number of carbonyl (C=O) groups is 1. The highest BCUT2D eigenvalue weighted by atomic mass is 32.2. The second-order valence-electron chi connectivity index (χ2n) is 3.76. The molecular weight excluding hydrogens is 253 g/mol. The highest BCUT2D eigenvalue weighted by Gasteiger charge is 2.10. The second kappa shape index (κ2) is 8.11. The summed E-state index contributed by atoms with van der Waals surface area (Å²) in [7, 11) is 1.35. The Morgan fingerprint density at radius 3 is 2.94 bits per heavy atom. The molecule has 0 unspecified atom stereocenters. The molecule has 0 aromatic heterocycles. The van der Waals surface area contributed by atoms with Crippen molar-refractivity contribution < 1.29 is 13.9 Å². The first kappa shape index (κ1) is 15.0. The van der Waals surface area contributed by atoms with Crippen molar-refractivity contribution in [2.24, 2.45) is 0 Å². The monoisotopic (exact) mass is 271 g/mol. The first-order chi connectivity index (χ1) is 8.69. The third kappa shape index (κ3) is 4.66. The first-order valence-electron chi connectivity index (χ1n) is 5.86. The van der Waals surface area contributed by atoms with Crippen LogP contribution < -0.4 is 5.32 Å². The van der Waals surface area contributed by atoms with E-state index in [9.17, 15) is 9.18 Å². The fourth-order valence-electron chi connectivity index (χ4n) is 1.43. The van der Waals surface area contributed by atoms with Gasteiger partial charge in [-0.25, -0.2) is 4.39 Å². The molecule has 1 rings (SSSR count). The maximum atomic E-state index is 13.7. The smallest absolute Gasteiger partial charge is 0.315 e. The zero-order valence-electron chi connectivity index (χ0n) is 10.7. The van der Waals surface area contributed by atoms with Crippen LogP contribution in [0, 0.1) is 5.82 Å². The molecule has 0 bridgehead atoms. The molecule has 0 spiro atoms. The molecule has 1 aromatic carbocycles. The summed E-state index contributed by atoms with van der Waals surface area (Å²) in [4.78, 5) is 11.9. The number of hydrogen-bond acceptors (Lipinski definition) is 4. The lowest BCUT2D eigenvalue weighted by Gasteiger charge is -2.10. The second-order valence-corrected chi connectivity index (χ2v) is 4.78. The van der Waals surface area contributed by atoms with Crippen LogP contribution in [0.2, 0.25) is 0 Å². The number of rotatable bonds is 7. The summed E-state index contributed by atoms with van der Waals surface area (Å²) in [6.07, 6.45) is 0.999. The van der Waals surface area contributed by atoms with Gasteiger partial charge in [0.2, 0.25) is 0 Å². The van der Waals surface area contributed by atoms with Gasteiger partial charge in [0.05, 0.1) is 12.9 Å². The fraction of sp³-hybridized carbons (Fsp3) is 0.462. The lowest BCUT2D eigenvalue weighted by Crippen LogP contribution is -2.15. The Hall–Kier alpha value is -1.07. The zero-order chi connectivity index (χ0) is 13.4. The van der Waals surface area contributed by atoms with Crippen LogP contribution in [0.4, 0.5) is 4.39 Å². The lowest BCUT2D eigenvalue weighted by molar-refractivity contribution is -0.137. The molecule has 1 aromatic rings. The van der Waals surface area contributed by atoms with E-state index in [1.165, 1.54) is 24.9 Å². The molecule has 1 N–H and O–H groups in total. The van der Waals surface area contributed by atoms with E-state index in [1.807, 2.05) is 6.07 Å². The van der Waals surface area contributed by atoms with E-state index in [1.54, 1.807) is 6.07 Å². The van der Waals surface area contributed by atoms with E-state index < -0.39 is 0 Å². The van der Waals surface area contributed by atoms with Gasteiger partial charge in [-0.05, 0) is 25.1 Å². The molecule has 18 heavy (non-hydrogen) atoms. The maximum absolute atomic E-state index is 13.7. The molecule has 0 aliphatic rings. The van der Waals surface area contributed by atoms with Gasteiger partial charge in [-0.3, -0.25) is 4.79 Å². The largest absolute Gasteiger partial charge is 0.468 e. The minimum atomic E-state index is -0.309. The summed E-state index contributed by atoms with van der Waals surface area (Å²) in [6.45, 7) is 3.38. The number of hydrogen-bond donors (Lipinski definition) is 1.